The zero-order chi connectivity index (χ0) is 21.6. The van der Waals surface area contributed by atoms with Crippen LogP contribution in [0.2, 0.25) is 0 Å². The van der Waals surface area contributed by atoms with Gasteiger partial charge in [-0.05, 0) is 55.7 Å². The van der Waals surface area contributed by atoms with E-state index in [2.05, 4.69) is 82.6 Å². The molecular weight excluding hydrogens is 384 g/mol. The van der Waals surface area contributed by atoms with Crippen molar-refractivity contribution in [1.82, 2.24) is 0 Å². The molecule has 0 saturated carbocycles. The quantitative estimate of drug-likeness (QED) is 0.294. The lowest BCUT2D eigenvalue weighted by molar-refractivity contribution is -0.148. The zero-order valence-corrected chi connectivity index (χ0v) is 18.3. The molecule has 4 rings (SSSR count). The average Bonchev–Trinajstić information content (AvgIpc) is 2.83. The van der Waals surface area contributed by atoms with E-state index in [0.29, 0.717) is 6.61 Å². The Labute approximate surface area is 185 Å². The van der Waals surface area contributed by atoms with Gasteiger partial charge >= 0.3 is 5.97 Å². The Morgan fingerprint density at radius 1 is 0.806 bits per heavy atom. The number of esters is 1. The van der Waals surface area contributed by atoms with E-state index in [-0.39, 0.29) is 11.9 Å². The molecule has 0 N–H and O–H groups in total. The number of benzene rings is 3. The van der Waals surface area contributed by atoms with Crippen molar-refractivity contribution >= 4 is 34.4 Å². The monoisotopic (exact) mass is 414 g/mol. The van der Waals surface area contributed by atoms with Crippen molar-refractivity contribution in [3.63, 3.8) is 0 Å². The smallest absolute Gasteiger partial charge is 0.308 e. The van der Waals surface area contributed by atoms with Gasteiger partial charge in [-0.1, -0.05) is 56.3 Å². The molecule has 4 heteroatoms. The third kappa shape index (κ3) is 4.43. The molecule has 0 fully saturated rings. The summed E-state index contributed by atoms with van der Waals surface area (Å²) in [6.07, 6.45) is 2.62. The molecule has 3 aromatic carbocycles. The van der Waals surface area contributed by atoms with Crippen LogP contribution in [0.4, 0.5) is 28.4 Å². The Hall–Kier alpha value is -3.27. The second kappa shape index (κ2) is 9.69. The second-order valence-corrected chi connectivity index (χ2v) is 7.98. The van der Waals surface area contributed by atoms with E-state index in [1.54, 1.807) is 0 Å². The van der Waals surface area contributed by atoms with E-state index in [1.807, 2.05) is 19.9 Å². The highest BCUT2D eigenvalue weighted by molar-refractivity contribution is 5.97. The molecule has 0 unspecified atom stereocenters. The van der Waals surface area contributed by atoms with Crippen molar-refractivity contribution < 1.29 is 9.53 Å². The molecule has 0 aliphatic carbocycles. The van der Waals surface area contributed by atoms with Crippen LogP contribution >= 0.6 is 0 Å². The number of hydrogen-bond donors (Lipinski definition) is 0. The lowest BCUT2D eigenvalue weighted by atomic mass is 10.1. The largest absolute Gasteiger partial charge is 0.465 e. The molecule has 1 atom stereocenters. The number of ether oxygens (including phenoxy) is 1. The van der Waals surface area contributed by atoms with E-state index in [4.69, 9.17) is 4.74 Å². The van der Waals surface area contributed by atoms with Crippen LogP contribution in [0.3, 0.4) is 0 Å². The molecule has 31 heavy (non-hydrogen) atoms. The Bertz CT molecular complexity index is 971. The lowest BCUT2D eigenvalue weighted by Gasteiger charge is -2.40. The maximum absolute atomic E-state index is 11.9. The summed E-state index contributed by atoms with van der Waals surface area (Å²) in [6.45, 7) is 5.28. The first kappa shape index (κ1) is 21.0. The van der Waals surface area contributed by atoms with Gasteiger partial charge < -0.3 is 14.5 Å². The van der Waals surface area contributed by atoms with Crippen molar-refractivity contribution in [2.75, 3.05) is 23.0 Å². The normalized spacial score (nSPS) is 13.4. The van der Waals surface area contributed by atoms with E-state index in [9.17, 15) is 4.79 Å². The van der Waals surface area contributed by atoms with E-state index in [0.717, 1.165) is 31.5 Å². The summed E-state index contributed by atoms with van der Waals surface area (Å²) in [7, 11) is 0. The van der Waals surface area contributed by atoms with Crippen LogP contribution in [0.15, 0.2) is 78.9 Å². The molecule has 1 aliphatic heterocycles. The highest BCUT2D eigenvalue weighted by atomic mass is 16.5. The van der Waals surface area contributed by atoms with Gasteiger partial charge in [-0.3, -0.25) is 4.79 Å². The number of carbonyl (C=O) groups excluding carboxylic acids is 1. The number of carbonyl (C=O) groups is 1. The number of nitrogens with zero attached hydrogens (tertiary/aromatic N) is 2. The van der Waals surface area contributed by atoms with Gasteiger partial charge in [0.15, 0.2) is 0 Å². The molecular formula is C27H30N2O2. The molecule has 1 aliphatic rings. The summed E-state index contributed by atoms with van der Waals surface area (Å²) < 4.78 is 5.43. The van der Waals surface area contributed by atoms with Crippen LogP contribution < -0.4 is 9.80 Å². The number of fused-ring (bicyclic) bond motifs is 2. The van der Waals surface area contributed by atoms with Crippen molar-refractivity contribution in [3.05, 3.63) is 78.9 Å². The first-order valence-corrected chi connectivity index (χ1v) is 11.2. The number of unbranched alkanes of at least 4 members (excludes halogenated alkanes) is 1. The predicted molar refractivity (Wildman–Crippen MR) is 128 cm³/mol. The van der Waals surface area contributed by atoms with Crippen molar-refractivity contribution in [3.8, 4) is 0 Å². The highest BCUT2D eigenvalue weighted by Gasteiger charge is 2.28. The molecule has 4 nitrogen and oxygen atoms in total. The molecule has 1 heterocycles. The summed E-state index contributed by atoms with van der Waals surface area (Å²) in [5.74, 6) is -0.112. The fourth-order valence-corrected chi connectivity index (χ4v) is 3.97. The first-order chi connectivity index (χ1) is 15.2. The average molecular weight is 415 g/mol. The third-order valence-electron chi connectivity index (χ3n) is 5.88. The Morgan fingerprint density at radius 3 is 1.94 bits per heavy atom. The SMILES string of the molecule is CC[C@@H](C)C(=O)OCCCCN1c2ccccc2N(c2ccccc2)c2ccccc21. The highest BCUT2D eigenvalue weighted by Crippen LogP contribution is 2.50. The van der Waals surface area contributed by atoms with E-state index in [1.165, 1.54) is 22.7 Å². The summed E-state index contributed by atoms with van der Waals surface area (Å²) in [4.78, 5) is 16.6. The van der Waals surface area contributed by atoms with Crippen LogP contribution in [0.5, 0.6) is 0 Å². The number of hydrogen-bond acceptors (Lipinski definition) is 4. The number of rotatable bonds is 8. The van der Waals surface area contributed by atoms with Gasteiger partial charge in [0.25, 0.3) is 0 Å². The minimum absolute atomic E-state index is 0.0233. The predicted octanol–water partition coefficient (Wildman–Crippen LogP) is 6.98. The summed E-state index contributed by atoms with van der Waals surface area (Å²) in [5, 5.41) is 0. The van der Waals surface area contributed by atoms with Gasteiger partial charge in [0.1, 0.15) is 0 Å². The van der Waals surface area contributed by atoms with Crippen molar-refractivity contribution in [2.45, 2.75) is 33.1 Å². The third-order valence-corrected chi connectivity index (χ3v) is 5.88. The molecule has 0 aromatic heterocycles. The van der Waals surface area contributed by atoms with Crippen molar-refractivity contribution in [2.24, 2.45) is 5.92 Å². The van der Waals surface area contributed by atoms with Gasteiger partial charge in [-0.2, -0.15) is 0 Å². The van der Waals surface area contributed by atoms with Crippen LogP contribution in [0.25, 0.3) is 0 Å². The molecule has 3 aromatic rings. The minimum atomic E-state index is -0.0883. The van der Waals surface area contributed by atoms with Crippen LogP contribution in [-0.4, -0.2) is 19.1 Å². The zero-order valence-electron chi connectivity index (χ0n) is 18.3. The molecule has 0 radical (unpaired) electrons. The Kier molecular flexibility index (Phi) is 6.56. The van der Waals surface area contributed by atoms with Crippen molar-refractivity contribution in [1.29, 1.82) is 0 Å². The van der Waals surface area contributed by atoms with Gasteiger partial charge in [0, 0.05) is 12.2 Å². The fraction of sp³-hybridized carbons (Fsp3) is 0.296. The fourth-order valence-electron chi connectivity index (χ4n) is 3.97. The lowest BCUT2D eigenvalue weighted by Crippen LogP contribution is -2.28. The van der Waals surface area contributed by atoms with Gasteiger partial charge in [0.05, 0.1) is 35.3 Å². The molecule has 0 spiro atoms. The van der Waals surface area contributed by atoms with Crippen LogP contribution in [-0.2, 0) is 9.53 Å². The molecule has 0 bridgehead atoms. The van der Waals surface area contributed by atoms with E-state index < -0.39 is 0 Å². The standard InChI is InChI=1S/C27H30N2O2/c1-3-21(2)27(30)31-20-12-11-19-28-23-15-7-9-17-25(23)29(22-13-5-4-6-14-22)26-18-10-8-16-24(26)28/h4-10,13-18,21H,3,11-12,19-20H2,1-2H3/t21-/m1/s1. The van der Waals surface area contributed by atoms with Crippen LogP contribution in [0.1, 0.15) is 33.1 Å². The summed E-state index contributed by atoms with van der Waals surface area (Å²) >= 11 is 0. The maximum Gasteiger partial charge on any atom is 0.308 e. The Morgan fingerprint density at radius 2 is 1.35 bits per heavy atom. The van der Waals surface area contributed by atoms with Crippen LogP contribution in [0, 0.1) is 5.92 Å². The topological polar surface area (TPSA) is 32.8 Å². The van der Waals surface area contributed by atoms with Gasteiger partial charge in [-0.25, -0.2) is 0 Å². The van der Waals surface area contributed by atoms with E-state index >= 15 is 0 Å². The number of para-hydroxylation sites is 5. The molecule has 0 saturated heterocycles. The summed E-state index contributed by atoms with van der Waals surface area (Å²) in [5.41, 5.74) is 5.90. The minimum Gasteiger partial charge on any atom is -0.465 e. The first-order valence-electron chi connectivity index (χ1n) is 11.2. The number of anilines is 5. The van der Waals surface area contributed by atoms with Gasteiger partial charge in [-0.15, -0.1) is 0 Å². The molecule has 160 valence electrons. The summed E-state index contributed by atoms with van der Waals surface area (Å²) in [6, 6.07) is 27.6. The molecule has 0 amide bonds. The Balaban J connectivity index is 1.54. The van der Waals surface area contributed by atoms with Gasteiger partial charge in [0.2, 0.25) is 0 Å². The maximum atomic E-state index is 11.9. The second-order valence-electron chi connectivity index (χ2n) is 7.98.